The van der Waals surface area contributed by atoms with Crippen LogP contribution >= 0.6 is 0 Å². The molecule has 1 saturated carbocycles. The first-order valence-electron chi connectivity index (χ1n) is 6.72. The summed E-state index contributed by atoms with van der Waals surface area (Å²) in [5.74, 6) is 3.81. The zero-order chi connectivity index (χ0) is 12.3. The molecule has 1 aliphatic carbocycles. The summed E-state index contributed by atoms with van der Waals surface area (Å²) in [6, 6.07) is 0. The van der Waals surface area contributed by atoms with Gasteiger partial charge in [0.05, 0.1) is 6.54 Å². The SMILES string of the molecule is Cc1nnc(CNCC2CCC(C)CC2)n1C. The number of nitrogens with zero attached hydrogens (tertiary/aromatic N) is 3. The first kappa shape index (κ1) is 12.6. The molecule has 1 aromatic rings. The molecule has 0 aliphatic heterocycles. The second-order valence-corrected chi connectivity index (χ2v) is 5.48. The van der Waals surface area contributed by atoms with Crippen molar-refractivity contribution in [3.8, 4) is 0 Å². The first-order valence-corrected chi connectivity index (χ1v) is 6.72. The molecule has 17 heavy (non-hydrogen) atoms. The Labute approximate surface area is 104 Å². The number of aryl methyl sites for hydroxylation is 1. The van der Waals surface area contributed by atoms with E-state index < -0.39 is 0 Å². The van der Waals surface area contributed by atoms with Crippen LogP contribution in [-0.2, 0) is 13.6 Å². The van der Waals surface area contributed by atoms with Crippen molar-refractivity contribution in [3.05, 3.63) is 11.6 Å². The van der Waals surface area contributed by atoms with Crippen molar-refractivity contribution in [2.75, 3.05) is 6.54 Å². The predicted molar refractivity (Wildman–Crippen MR) is 68.6 cm³/mol. The van der Waals surface area contributed by atoms with Gasteiger partial charge < -0.3 is 9.88 Å². The van der Waals surface area contributed by atoms with Crippen LogP contribution in [0.25, 0.3) is 0 Å². The second kappa shape index (κ2) is 5.63. The Morgan fingerprint density at radius 1 is 1.24 bits per heavy atom. The van der Waals surface area contributed by atoms with Gasteiger partial charge in [0.1, 0.15) is 11.6 Å². The van der Waals surface area contributed by atoms with E-state index in [1.807, 2.05) is 14.0 Å². The lowest BCUT2D eigenvalue weighted by molar-refractivity contribution is 0.280. The molecule has 1 heterocycles. The minimum Gasteiger partial charge on any atom is -0.317 e. The van der Waals surface area contributed by atoms with Gasteiger partial charge >= 0.3 is 0 Å². The molecule has 1 N–H and O–H groups in total. The average Bonchev–Trinajstić information content (AvgIpc) is 2.64. The van der Waals surface area contributed by atoms with Crippen molar-refractivity contribution in [1.82, 2.24) is 20.1 Å². The standard InChI is InChI=1S/C13H24N4/c1-10-4-6-12(7-5-10)8-14-9-13-16-15-11(2)17(13)3/h10,12,14H,4-9H2,1-3H3. The van der Waals surface area contributed by atoms with Gasteiger partial charge in [-0.15, -0.1) is 10.2 Å². The molecular formula is C13H24N4. The summed E-state index contributed by atoms with van der Waals surface area (Å²) in [4.78, 5) is 0. The van der Waals surface area contributed by atoms with Crippen LogP contribution < -0.4 is 5.32 Å². The van der Waals surface area contributed by atoms with Gasteiger partial charge in [0.2, 0.25) is 0 Å². The average molecular weight is 236 g/mol. The van der Waals surface area contributed by atoms with E-state index in [0.717, 1.165) is 36.6 Å². The predicted octanol–water partition coefficient (Wildman–Crippen LogP) is 2.04. The van der Waals surface area contributed by atoms with Crippen LogP contribution in [-0.4, -0.2) is 21.3 Å². The van der Waals surface area contributed by atoms with Crippen molar-refractivity contribution < 1.29 is 0 Å². The van der Waals surface area contributed by atoms with Crippen LogP contribution in [0.5, 0.6) is 0 Å². The quantitative estimate of drug-likeness (QED) is 0.870. The summed E-state index contributed by atoms with van der Waals surface area (Å²) in [7, 11) is 2.02. The van der Waals surface area contributed by atoms with E-state index in [0.29, 0.717) is 0 Å². The summed E-state index contributed by atoms with van der Waals surface area (Å²) in [5.41, 5.74) is 0. The highest BCUT2D eigenvalue weighted by Gasteiger charge is 2.17. The fourth-order valence-electron chi connectivity index (χ4n) is 2.53. The molecule has 1 aliphatic rings. The molecule has 0 atom stereocenters. The Kier molecular flexibility index (Phi) is 4.15. The maximum Gasteiger partial charge on any atom is 0.146 e. The van der Waals surface area contributed by atoms with Gasteiger partial charge in [-0.2, -0.15) is 0 Å². The van der Waals surface area contributed by atoms with E-state index in [2.05, 4.69) is 27.0 Å². The third-order valence-corrected chi connectivity index (χ3v) is 4.03. The Balaban J connectivity index is 1.71. The van der Waals surface area contributed by atoms with Crippen molar-refractivity contribution in [2.45, 2.75) is 46.1 Å². The summed E-state index contributed by atoms with van der Waals surface area (Å²) >= 11 is 0. The monoisotopic (exact) mass is 236 g/mol. The summed E-state index contributed by atoms with van der Waals surface area (Å²) in [6.07, 6.45) is 5.56. The van der Waals surface area contributed by atoms with Gasteiger partial charge in [-0.25, -0.2) is 0 Å². The molecule has 0 unspecified atom stereocenters. The highest BCUT2D eigenvalue weighted by atomic mass is 15.3. The molecular weight excluding hydrogens is 212 g/mol. The van der Waals surface area contributed by atoms with Crippen molar-refractivity contribution in [3.63, 3.8) is 0 Å². The van der Waals surface area contributed by atoms with Crippen LogP contribution in [0.4, 0.5) is 0 Å². The number of hydrogen-bond donors (Lipinski definition) is 1. The highest BCUT2D eigenvalue weighted by Crippen LogP contribution is 2.27. The molecule has 0 spiro atoms. The maximum atomic E-state index is 4.16. The van der Waals surface area contributed by atoms with Gasteiger partial charge in [0.25, 0.3) is 0 Å². The van der Waals surface area contributed by atoms with Crippen molar-refractivity contribution in [2.24, 2.45) is 18.9 Å². The molecule has 1 fully saturated rings. The largest absolute Gasteiger partial charge is 0.317 e. The van der Waals surface area contributed by atoms with Gasteiger partial charge in [0, 0.05) is 7.05 Å². The molecule has 0 radical (unpaired) electrons. The molecule has 96 valence electrons. The van der Waals surface area contributed by atoms with Crippen LogP contribution in [0.1, 0.15) is 44.3 Å². The Hall–Kier alpha value is -0.900. The van der Waals surface area contributed by atoms with Crippen molar-refractivity contribution >= 4 is 0 Å². The van der Waals surface area contributed by atoms with E-state index in [4.69, 9.17) is 0 Å². The molecule has 0 saturated heterocycles. The lowest BCUT2D eigenvalue weighted by Gasteiger charge is -2.26. The summed E-state index contributed by atoms with van der Waals surface area (Å²) in [6.45, 7) is 6.31. The molecule has 4 heteroatoms. The van der Waals surface area contributed by atoms with Crippen LogP contribution in [0.15, 0.2) is 0 Å². The molecule has 2 rings (SSSR count). The van der Waals surface area contributed by atoms with Gasteiger partial charge in [-0.05, 0) is 38.1 Å². The van der Waals surface area contributed by atoms with Gasteiger partial charge in [0.15, 0.2) is 0 Å². The lowest BCUT2D eigenvalue weighted by atomic mass is 9.83. The number of rotatable bonds is 4. The Bertz CT molecular complexity index is 350. The first-order chi connectivity index (χ1) is 8.16. The smallest absolute Gasteiger partial charge is 0.146 e. The topological polar surface area (TPSA) is 42.7 Å². The lowest BCUT2D eigenvalue weighted by Crippen LogP contribution is -2.26. The van der Waals surface area contributed by atoms with E-state index >= 15 is 0 Å². The van der Waals surface area contributed by atoms with Crippen LogP contribution in [0, 0.1) is 18.8 Å². The number of nitrogens with one attached hydrogen (secondary N) is 1. The molecule has 1 aromatic heterocycles. The molecule has 0 amide bonds. The fraction of sp³-hybridized carbons (Fsp3) is 0.846. The van der Waals surface area contributed by atoms with Gasteiger partial charge in [-0.3, -0.25) is 0 Å². The minimum absolute atomic E-state index is 0.837. The minimum atomic E-state index is 0.837. The van der Waals surface area contributed by atoms with Crippen LogP contribution in [0.2, 0.25) is 0 Å². The Morgan fingerprint density at radius 3 is 2.53 bits per heavy atom. The normalized spacial score (nSPS) is 25.1. The molecule has 0 bridgehead atoms. The summed E-state index contributed by atoms with van der Waals surface area (Å²) in [5, 5.41) is 11.7. The number of aromatic nitrogens is 3. The molecule has 4 nitrogen and oxygen atoms in total. The second-order valence-electron chi connectivity index (χ2n) is 5.48. The van der Waals surface area contributed by atoms with E-state index in [9.17, 15) is 0 Å². The zero-order valence-electron chi connectivity index (χ0n) is 11.2. The third kappa shape index (κ3) is 3.28. The van der Waals surface area contributed by atoms with Crippen molar-refractivity contribution in [1.29, 1.82) is 0 Å². The van der Waals surface area contributed by atoms with E-state index in [1.165, 1.54) is 25.7 Å². The van der Waals surface area contributed by atoms with Crippen LogP contribution in [0.3, 0.4) is 0 Å². The third-order valence-electron chi connectivity index (χ3n) is 4.03. The van der Waals surface area contributed by atoms with E-state index in [-0.39, 0.29) is 0 Å². The Morgan fingerprint density at radius 2 is 1.94 bits per heavy atom. The van der Waals surface area contributed by atoms with Gasteiger partial charge in [-0.1, -0.05) is 19.8 Å². The highest BCUT2D eigenvalue weighted by molar-refractivity contribution is 4.91. The van der Waals surface area contributed by atoms with E-state index in [1.54, 1.807) is 0 Å². The zero-order valence-corrected chi connectivity index (χ0v) is 11.2. The fourth-order valence-corrected chi connectivity index (χ4v) is 2.53. The maximum absolute atomic E-state index is 4.16. The summed E-state index contributed by atoms with van der Waals surface area (Å²) < 4.78 is 2.05. The molecule has 0 aromatic carbocycles. The number of hydrogen-bond acceptors (Lipinski definition) is 3.